The normalized spacial score (nSPS) is 16.2. The summed E-state index contributed by atoms with van der Waals surface area (Å²) in [6, 6.07) is 9.40. The lowest BCUT2D eigenvalue weighted by molar-refractivity contribution is -0.123. The first-order valence-electron chi connectivity index (χ1n) is 6.50. The number of para-hydroxylation sites is 1. The number of hydrogen-bond acceptors (Lipinski definition) is 3. The number of carbonyl (C=O) groups is 1. The topological polar surface area (TPSA) is 50.4 Å². The van der Waals surface area contributed by atoms with Crippen LogP contribution in [-0.2, 0) is 4.79 Å². The molecule has 4 nitrogen and oxygen atoms in total. The van der Waals surface area contributed by atoms with E-state index < -0.39 is 0 Å². The van der Waals surface area contributed by atoms with Gasteiger partial charge in [-0.05, 0) is 44.0 Å². The van der Waals surface area contributed by atoms with Crippen LogP contribution in [0.1, 0.15) is 12.8 Å². The van der Waals surface area contributed by atoms with Gasteiger partial charge in [0.25, 0.3) is 5.91 Å². The Morgan fingerprint density at radius 1 is 1.28 bits per heavy atom. The fourth-order valence-corrected chi connectivity index (χ4v) is 2.06. The van der Waals surface area contributed by atoms with Crippen molar-refractivity contribution in [1.29, 1.82) is 0 Å². The van der Waals surface area contributed by atoms with Crippen LogP contribution in [0, 0.1) is 5.92 Å². The van der Waals surface area contributed by atoms with Crippen molar-refractivity contribution in [3.63, 3.8) is 0 Å². The van der Waals surface area contributed by atoms with Crippen molar-refractivity contribution in [3.8, 4) is 5.75 Å². The van der Waals surface area contributed by atoms with Gasteiger partial charge in [0.1, 0.15) is 5.75 Å². The summed E-state index contributed by atoms with van der Waals surface area (Å²) in [5.74, 6) is 1.29. The molecule has 1 heterocycles. The van der Waals surface area contributed by atoms with Crippen molar-refractivity contribution in [3.05, 3.63) is 30.3 Å². The van der Waals surface area contributed by atoms with E-state index in [1.54, 1.807) is 0 Å². The highest BCUT2D eigenvalue weighted by Crippen LogP contribution is 2.10. The quantitative estimate of drug-likeness (QED) is 0.822. The zero-order valence-electron chi connectivity index (χ0n) is 10.5. The molecule has 4 heteroatoms. The van der Waals surface area contributed by atoms with Crippen molar-refractivity contribution in [2.24, 2.45) is 5.92 Å². The van der Waals surface area contributed by atoms with E-state index in [1.165, 1.54) is 0 Å². The van der Waals surface area contributed by atoms with E-state index in [0.29, 0.717) is 5.92 Å². The van der Waals surface area contributed by atoms with Gasteiger partial charge in [-0.25, -0.2) is 0 Å². The zero-order valence-corrected chi connectivity index (χ0v) is 10.5. The molecule has 1 amide bonds. The molecule has 0 radical (unpaired) electrons. The summed E-state index contributed by atoms with van der Waals surface area (Å²) < 4.78 is 5.38. The first kappa shape index (κ1) is 12.9. The maximum atomic E-state index is 11.6. The summed E-state index contributed by atoms with van der Waals surface area (Å²) in [7, 11) is 0. The second kappa shape index (κ2) is 7.01. The van der Waals surface area contributed by atoms with Gasteiger partial charge in [0.15, 0.2) is 6.61 Å². The Kier molecular flexibility index (Phi) is 5.02. The number of nitrogens with one attached hydrogen (secondary N) is 2. The van der Waals surface area contributed by atoms with E-state index in [2.05, 4.69) is 10.6 Å². The monoisotopic (exact) mass is 248 g/mol. The number of carbonyl (C=O) groups excluding carboxylic acids is 1. The van der Waals surface area contributed by atoms with Gasteiger partial charge in [-0.1, -0.05) is 18.2 Å². The molecule has 0 aromatic heterocycles. The van der Waals surface area contributed by atoms with E-state index in [9.17, 15) is 4.79 Å². The average molecular weight is 248 g/mol. The summed E-state index contributed by atoms with van der Waals surface area (Å²) in [6.45, 7) is 2.97. The maximum Gasteiger partial charge on any atom is 0.257 e. The molecule has 1 aromatic carbocycles. The van der Waals surface area contributed by atoms with E-state index in [1.807, 2.05) is 30.3 Å². The standard InChI is InChI=1S/C14H20N2O2/c17-14(11-18-13-4-2-1-3-5-13)16-10-12-6-8-15-9-7-12/h1-5,12,15H,6-11H2,(H,16,17). The molecule has 0 atom stereocenters. The predicted octanol–water partition coefficient (Wildman–Crippen LogP) is 1.18. The minimum atomic E-state index is -0.0441. The molecule has 0 spiro atoms. The van der Waals surface area contributed by atoms with Crippen LogP contribution < -0.4 is 15.4 Å². The van der Waals surface area contributed by atoms with Crippen LogP contribution in [0.3, 0.4) is 0 Å². The molecule has 98 valence electrons. The maximum absolute atomic E-state index is 11.6. The van der Waals surface area contributed by atoms with Crippen molar-refractivity contribution < 1.29 is 9.53 Å². The van der Waals surface area contributed by atoms with E-state index in [-0.39, 0.29) is 12.5 Å². The third-order valence-corrected chi connectivity index (χ3v) is 3.16. The summed E-state index contributed by atoms with van der Waals surface area (Å²) in [4.78, 5) is 11.6. The van der Waals surface area contributed by atoms with Crippen LogP contribution >= 0.6 is 0 Å². The summed E-state index contributed by atoms with van der Waals surface area (Å²) in [6.07, 6.45) is 2.28. The summed E-state index contributed by atoms with van der Waals surface area (Å²) in [5.41, 5.74) is 0. The Labute approximate surface area is 108 Å². The van der Waals surface area contributed by atoms with Crippen LogP contribution in [0.5, 0.6) is 5.75 Å². The van der Waals surface area contributed by atoms with Crippen molar-refractivity contribution >= 4 is 5.91 Å². The molecule has 2 rings (SSSR count). The highest BCUT2D eigenvalue weighted by molar-refractivity contribution is 5.77. The third-order valence-electron chi connectivity index (χ3n) is 3.16. The lowest BCUT2D eigenvalue weighted by Gasteiger charge is -2.22. The number of benzene rings is 1. The van der Waals surface area contributed by atoms with E-state index >= 15 is 0 Å². The van der Waals surface area contributed by atoms with Crippen LogP contribution in [0.25, 0.3) is 0 Å². The van der Waals surface area contributed by atoms with E-state index in [4.69, 9.17) is 4.74 Å². The Bertz CT molecular complexity index is 361. The number of hydrogen-bond donors (Lipinski definition) is 2. The SMILES string of the molecule is O=C(COc1ccccc1)NCC1CCNCC1. The van der Waals surface area contributed by atoms with Crippen LogP contribution in [0.4, 0.5) is 0 Å². The van der Waals surface area contributed by atoms with Crippen molar-refractivity contribution in [2.75, 3.05) is 26.2 Å². The van der Waals surface area contributed by atoms with E-state index in [0.717, 1.165) is 38.2 Å². The van der Waals surface area contributed by atoms with Gasteiger partial charge in [-0.15, -0.1) is 0 Å². The molecule has 0 unspecified atom stereocenters. The highest BCUT2D eigenvalue weighted by Gasteiger charge is 2.13. The largest absolute Gasteiger partial charge is 0.484 e. The van der Waals surface area contributed by atoms with Crippen molar-refractivity contribution in [2.45, 2.75) is 12.8 Å². The molecule has 1 saturated heterocycles. The first-order valence-corrected chi connectivity index (χ1v) is 6.50. The fraction of sp³-hybridized carbons (Fsp3) is 0.500. The van der Waals surface area contributed by atoms with Crippen LogP contribution in [0.15, 0.2) is 30.3 Å². The number of ether oxygens (including phenoxy) is 1. The molecule has 1 aliphatic rings. The molecule has 0 bridgehead atoms. The third kappa shape index (κ3) is 4.37. The Balaban J connectivity index is 1.63. The second-order valence-corrected chi connectivity index (χ2v) is 4.60. The Hall–Kier alpha value is -1.55. The van der Waals surface area contributed by atoms with Gasteiger partial charge in [0.2, 0.25) is 0 Å². The Morgan fingerprint density at radius 2 is 2.00 bits per heavy atom. The lowest BCUT2D eigenvalue weighted by atomic mass is 9.98. The molecule has 1 fully saturated rings. The van der Waals surface area contributed by atoms with Gasteiger partial charge in [-0.2, -0.15) is 0 Å². The molecular formula is C14H20N2O2. The average Bonchev–Trinajstić information content (AvgIpc) is 2.45. The summed E-state index contributed by atoms with van der Waals surface area (Å²) in [5, 5.41) is 6.24. The number of amides is 1. The minimum absolute atomic E-state index is 0.0441. The van der Waals surface area contributed by atoms with Gasteiger partial charge < -0.3 is 15.4 Å². The summed E-state index contributed by atoms with van der Waals surface area (Å²) >= 11 is 0. The molecule has 2 N–H and O–H groups in total. The zero-order chi connectivity index (χ0) is 12.6. The van der Waals surface area contributed by atoms with Gasteiger partial charge in [0.05, 0.1) is 0 Å². The molecule has 1 aliphatic heterocycles. The molecular weight excluding hydrogens is 228 g/mol. The first-order chi connectivity index (χ1) is 8.84. The molecule has 18 heavy (non-hydrogen) atoms. The van der Waals surface area contributed by atoms with Gasteiger partial charge >= 0.3 is 0 Å². The van der Waals surface area contributed by atoms with Crippen molar-refractivity contribution in [1.82, 2.24) is 10.6 Å². The Morgan fingerprint density at radius 3 is 2.72 bits per heavy atom. The molecule has 0 aliphatic carbocycles. The predicted molar refractivity (Wildman–Crippen MR) is 70.5 cm³/mol. The van der Waals surface area contributed by atoms with Gasteiger partial charge in [-0.3, -0.25) is 4.79 Å². The molecule has 0 saturated carbocycles. The highest BCUT2D eigenvalue weighted by atomic mass is 16.5. The minimum Gasteiger partial charge on any atom is -0.484 e. The smallest absolute Gasteiger partial charge is 0.257 e. The van der Waals surface area contributed by atoms with Crippen LogP contribution in [-0.4, -0.2) is 32.1 Å². The lowest BCUT2D eigenvalue weighted by Crippen LogP contribution is -2.37. The van der Waals surface area contributed by atoms with Gasteiger partial charge in [0, 0.05) is 6.54 Å². The second-order valence-electron chi connectivity index (χ2n) is 4.60. The number of rotatable bonds is 5. The molecule has 1 aromatic rings. The fourth-order valence-electron chi connectivity index (χ4n) is 2.06. The number of piperidine rings is 1. The van der Waals surface area contributed by atoms with Crippen LogP contribution in [0.2, 0.25) is 0 Å².